The van der Waals surface area contributed by atoms with Crippen LogP contribution in [0, 0.1) is 0 Å². The lowest BCUT2D eigenvalue weighted by molar-refractivity contribution is -0.122. The molecule has 1 fully saturated rings. The van der Waals surface area contributed by atoms with Crippen LogP contribution in [0.15, 0.2) is 18.2 Å². The molecule has 0 bridgehead atoms. The van der Waals surface area contributed by atoms with E-state index in [1.54, 1.807) is 0 Å². The summed E-state index contributed by atoms with van der Waals surface area (Å²) in [5.74, 6) is 0.966. The minimum Gasteiger partial charge on any atom is -0.494 e. The maximum absolute atomic E-state index is 12.0. The number of hydrogen-bond acceptors (Lipinski definition) is 4. The van der Waals surface area contributed by atoms with Gasteiger partial charge in [0.05, 0.1) is 6.61 Å². The number of benzene rings is 1. The van der Waals surface area contributed by atoms with Crippen molar-refractivity contribution in [2.45, 2.75) is 57.5 Å². The smallest absolute Gasteiger partial charge is 0.224 e. The molecule has 1 aromatic carbocycles. The molecule has 0 radical (unpaired) electrons. The normalized spacial score (nSPS) is 22.7. The second kappa shape index (κ2) is 8.34. The molecule has 2 aliphatic rings. The lowest BCUT2D eigenvalue weighted by atomic mass is 10.0. The van der Waals surface area contributed by atoms with E-state index in [9.17, 15) is 9.59 Å². The number of hydrogen-bond donors (Lipinski definition) is 3. The molecule has 2 heterocycles. The van der Waals surface area contributed by atoms with Crippen LogP contribution in [0.3, 0.4) is 0 Å². The van der Waals surface area contributed by atoms with Crippen LogP contribution < -0.4 is 20.7 Å². The standard InChI is InChI=1S/C19H27N3O3/c1-13-11-15(8-9-20-13)21-18(23)3-2-10-25-16-5-6-17-14(12-16)4-7-19(24)22-17/h5-6,12-13,15,20H,2-4,7-11H2,1H3,(H,21,23)(H,22,24). The van der Waals surface area contributed by atoms with E-state index in [0.717, 1.165) is 42.8 Å². The summed E-state index contributed by atoms with van der Waals surface area (Å²) in [6.45, 7) is 3.63. The van der Waals surface area contributed by atoms with Crippen LogP contribution in [-0.4, -0.2) is 37.0 Å². The third-order valence-electron chi connectivity index (χ3n) is 4.78. The Kier molecular flexibility index (Phi) is 5.91. The van der Waals surface area contributed by atoms with Crippen molar-refractivity contribution in [2.24, 2.45) is 0 Å². The predicted molar refractivity (Wildman–Crippen MR) is 96.8 cm³/mol. The maximum atomic E-state index is 12.0. The lowest BCUT2D eigenvalue weighted by Crippen LogP contribution is -2.46. The van der Waals surface area contributed by atoms with Gasteiger partial charge < -0.3 is 20.7 Å². The van der Waals surface area contributed by atoms with Gasteiger partial charge in [0.15, 0.2) is 0 Å². The SMILES string of the molecule is CC1CC(NC(=O)CCCOc2ccc3c(c2)CCC(=O)N3)CCN1. The fraction of sp³-hybridized carbons (Fsp3) is 0.579. The number of carbonyl (C=O) groups excluding carboxylic acids is 2. The van der Waals surface area contributed by atoms with E-state index in [0.29, 0.717) is 38.0 Å². The Hall–Kier alpha value is -2.08. The average Bonchev–Trinajstić information content (AvgIpc) is 2.59. The Balaban J connectivity index is 1.37. The van der Waals surface area contributed by atoms with E-state index in [1.807, 2.05) is 18.2 Å². The van der Waals surface area contributed by atoms with Crippen LogP contribution in [0.5, 0.6) is 5.75 Å². The summed E-state index contributed by atoms with van der Waals surface area (Å²) >= 11 is 0. The number of nitrogens with one attached hydrogen (secondary N) is 3. The van der Waals surface area contributed by atoms with Crippen LogP contribution in [-0.2, 0) is 16.0 Å². The molecule has 3 N–H and O–H groups in total. The quantitative estimate of drug-likeness (QED) is 0.689. The average molecular weight is 345 g/mol. The molecule has 0 spiro atoms. The van der Waals surface area contributed by atoms with Crippen LogP contribution in [0.4, 0.5) is 5.69 Å². The van der Waals surface area contributed by atoms with Gasteiger partial charge in [0.2, 0.25) is 11.8 Å². The number of fused-ring (bicyclic) bond motifs is 1. The number of piperidine rings is 1. The predicted octanol–water partition coefficient (Wildman–Crippen LogP) is 1.99. The first kappa shape index (κ1) is 17.7. The number of rotatable bonds is 6. The zero-order valence-electron chi connectivity index (χ0n) is 14.8. The molecule has 2 amide bonds. The van der Waals surface area contributed by atoms with E-state index >= 15 is 0 Å². The minimum absolute atomic E-state index is 0.0651. The van der Waals surface area contributed by atoms with Gasteiger partial charge in [0.1, 0.15) is 5.75 Å². The van der Waals surface area contributed by atoms with Gasteiger partial charge in [-0.1, -0.05) is 0 Å². The molecule has 0 saturated carbocycles. The van der Waals surface area contributed by atoms with Gasteiger partial charge in [-0.25, -0.2) is 0 Å². The van der Waals surface area contributed by atoms with Gasteiger partial charge in [-0.3, -0.25) is 9.59 Å². The monoisotopic (exact) mass is 345 g/mol. The third-order valence-corrected chi connectivity index (χ3v) is 4.78. The fourth-order valence-electron chi connectivity index (χ4n) is 3.44. The first-order valence-electron chi connectivity index (χ1n) is 9.18. The third kappa shape index (κ3) is 5.19. The van der Waals surface area contributed by atoms with Crippen molar-refractivity contribution in [2.75, 3.05) is 18.5 Å². The summed E-state index contributed by atoms with van der Waals surface area (Å²) in [5.41, 5.74) is 1.98. The highest BCUT2D eigenvalue weighted by Crippen LogP contribution is 2.26. The van der Waals surface area contributed by atoms with E-state index in [-0.39, 0.29) is 11.8 Å². The summed E-state index contributed by atoms with van der Waals surface area (Å²) in [6.07, 6.45) is 4.44. The molecule has 0 aliphatic carbocycles. The maximum Gasteiger partial charge on any atom is 0.224 e. The Morgan fingerprint density at radius 3 is 3.08 bits per heavy atom. The van der Waals surface area contributed by atoms with E-state index in [2.05, 4.69) is 22.9 Å². The summed E-state index contributed by atoms with van der Waals surface area (Å²) in [7, 11) is 0. The van der Waals surface area contributed by atoms with Crippen molar-refractivity contribution in [1.82, 2.24) is 10.6 Å². The van der Waals surface area contributed by atoms with Crippen molar-refractivity contribution >= 4 is 17.5 Å². The summed E-state index contributed by atoms with van der Waals surface area (Å²) < 4.78 is 5.75. The zero-order chi connectivity index (χ0) is 17.6. The summed E-state index contributed by atoms with van der Waals surface area (Å²) in [6, 6.07) is 6.48. The Morgan fingerprint density at radius 2 is 2.24 bits per heavy atom. The van der Waals surface area contributed by atoms with Gasteiger partial charge in [0.25, 0.3) is 0 Å². The van der Waals surface area contributed by atoms with Gasteiger partial charge >= 0.3 is 0 Å². The fourth-order valence-corrected chi connectivity index (χ4v) is 3.44. The van der Waals surface area contributed by atoms with E-state index in [1.165, 1.54) is 0 Å². The summed E-state index contributed by atoms with van der Waals surface area (Å²) in [5, 5.41) is 9.36. The van der Waals surface area contributed by atoms with Crippen LogP contribution in [0.2, 0.25) is 0 Å². The first-order valence-corrected chi connectivity index (χ1v) is 9.18. The van der Waals surface area contributed by atoms with Gasteiger partial charge in [-0.05, 0) is 62.9 Å². The van der Waals surface area contributed by atoms with E-state index in [4.69, 9.17) is 4.74 Å². The molecule has 136 valence electrons. The van der Waals surface area contributed by atoms with Crippen molar-refractivity contribution in [1.29, 1.82) is 0 Å². The highest BCUT2D eigenvalue weighted by atomic mass is 16.5. The molecule has 3 rings (SSSR count). The van der Waals surface area contributed by atoms with Crippen LogP contribution in [0.25, 0.3) is 0 Å². The molecule has 6 nitrogen and oxygen atoms in total. The molecular weight excluding hydrogens is 318 g/mol. The molecule has 2 aliphatic heterocycles. The molecular formula is C19H27N3O3. The topological polar surface area (TPSA) is 79.5 Å². The number of amides is 2. The number of aryl methyl sites for hydroxylation is 1. The number of anilines is 1. The molecule has 0 aromatic heterocycles. The van der Waals surface area contributed by atoms with Crippen molar-refractivity contribution in [3.05, 3.63) is 23.8 Å². The van der Waals surface area contributed by atoms with Crippen molar-refractivity contribution < 1.29 is 14.3 Å². The van der Waals surface area contributed by atoms with Crippen LogP contribution >= 0.6 is 0 Å². The van der Waals surface area contributed by atoms with Gasteiger partial charge in [-0.15, -0.1) is 0 Å². The molecule has 1 saturated heterocycles. The van der Waals surface area contributed by atoms with E-state index < -0.39 is 0 Å². The van der Waals surface area contributed by atoms with Gasteiger partial charge in [0, 0.05) is 30.6 Å². The second-order valence-electron chi connectivity index (χ2n) is 6.96. The molecule has 2 atom stereocenters. The minimum atomic E-state index is 0.0651. The van der Waals surface area contributed by atoms with Crippen molar-refractivity contribution in [3.8, 4) is 5.75 Å². The largest absolute Gasteiger partial charge is 0.494 e. The first-order chi connectivity index (χ1) is 12.1. The highest BCUT2D eigenvalue weighted by Gasteiger charge is 2.19. The number of ether oxygens (including phenoxy) is 1. The number of carbonyl (C=O) groups is 2. The Labute approximate surface area is 148 Å². The lowest BCUT2D eigenvalue weighted by Gasteiger charge is -2.28. The molecule has 6 heteroatoms. The summed E-state index contributed by atoms with van der Waals surface area (Å²) in [4.78, 5) is 23.4. The van der Waals surface area contributed by atoms with Crippen molar-refractivity contribution in [3.63, 3.8) is 0 Å². The Bertz CT molecular complexity index is 632. The zero-order valence-corrected chi connectivity index (χ0v) is 14.8. The van der Waals surface area contributed by atoms with Crippen LogP contribution in [0.1, 0.15) is 44.6 Å². The Morgan fingerprint density at radius 1 is 1.36 bits per heavy atom. The molecule has 1 aromatic rings. The molecule has 25 heavy (non-hydrogen) atoms. The second-order valence-corrected chi connectivity index (χ2v) is 6.96. The highest BCUT2D eigenvalue weighted by molar-refractivity contribution is 5.94. The molecule has 2 unspecified atom stereocenters. The van der Waals surface area contributed by atoms with Gasteiger partial charge in [-0.2, -0.15) is 0 Å².